The van der Waals surface area contributed by atoms with Gasteiger partial charge in [-0.1, -0.05) is 26.0 Å². The van der Waals surface area contributed by atoms with Gasteiger partial charge in [0.1, 0.15) is 0 Å². The Morgan fingerprint density at radius 1 is 1.04 bits per heavy atom. The quantitative estimate of drug-likeness (QED) is 0.623. The van der Waals surface area contributed by atoms with Crippen molar-refractivity contribution in [3.63, 3.8) is 0 Å². The standard InChI is InChI=1S/C26H38N2/c1-25-13-11-20(28(3)4)16-19(25)7-8-21-23-10-9-22(18-6-5-15-27-17-18)26(23,2)14-12-24(21)25/h5-6,9,15,17,19-21,23-24H,7-8,10-14,16H2,1-4H3/t19-,20-,21-,23-,24-,25-,26+/m0/s1. The average Bonchev–Trinajstić information content (AvgIpc) is 3.05. The van der Waals surface area contributed by atoms with E-state index in [9.17, 15) is 0 Å². The fraction of sp³-hybridized carbons (Fsp3) is 0.731. The van der Waals surface area contributed by atoms with E-state index in [1.54, 1.807) is 5.57 Å². The number of hydrogen-bond acceptors (Lipinski definition) is 2. The summed E-state index contributed by atoms with van der Waals surface area (Å²) in [5.41, 5.74) is 3.94. The van der Waals surface area contributed by atoms with Crippen LogP contribution in [0.25, 0.3) is 5.57 Å². The third-order valence-corrected chi connectivity index (χ3v) is 9.92. The van der Waals surface area contributed by atoms with Crippen molar-refractivity contribution in [3.8, 4) is 0 Å². The summed E-state index contributed by atoms with van der Waals surface area (Å²) in [6.07, 6.45) is 17.9. The summed E-state index contributed by atoms with van der Waals surface area (Å²) >= 11 is 0. The molecule has 0 spiro atoms. The minimum absolute atomic E-state index is 0.369. The van der Waals surface area contributed by atoms with Crippen molar-refractivity contribution < 1.29 is 0 Å². The highest BCUT2D eigenvalue weighted by atomic mass is 15.1. The Morgan fingerprint density at radius 3 is 2.64 bits per heavy atom. The van der Waals surface area contributed by atoms with Crippen molar-refractivity contribution in [2.75, 3.05) is 14.1 Å². The predicted molar refractivity (Wildman–Crippen MR) is 117 cm³/mol. The topological polar surface area (TPSA) is 16.1 Å². The van der Waals surface area contributed by atoms with Crippen LogP contribution in [0.2, 0.25) is 0 Å². The second kappa shape index (κ2) is 6.69. The van der Waals surface area contributed by atoms with Gasteiger partial charge in [0.05, 0.1) is 0 Å². The summed E-state index contributed by atoms with van der Waals surface area (Å²) in [4.78, 5) is 6.91. The molecule has 0 bridgehead atoms. The first kappa shape index (κ1) is 18.9. The second-order valence-corrected chi connectivity index (χ2v) is 11.1. The largest absolute Gasteiger partial charge is 0.306 e. The van der Waals surface area contributed by atoms with Gasteiger partial charge in [-0.2, -0.15) is 0 Å². The van der Waals surface area contributed by atoms with Gasteiger partial charge in [0.15, 0.2) is 0 Å². The second-order valence-electron chi connectivity index (χ2n) is 11.1. The fourth-order valence-electron chi connectivity index (χ4n) is 8.24. The molecule has 0 aliphatic heterocycles. The Labute approximate surface area is 171 Å². The minimum Gasteiger partial charge on any atom is -0.306 e. The fourth-order valence-corrected chi connectivity index (χ4v) is 8.24. The summed E-state index contributed by atoms with van der Waals surface area (Å²) in [6.45, 7) is 5.27. The smallest absolute Gasteiger partial charge is 0.0343 e. The average molecular weight is 379 g/mol. The normalized spacial score (nSPS) is 45.2. The first-order valence-corrected chi connectivity index (χ1v) is 11.7. The van der Waals surface area contributed by atoms with Gasteiger partial charge in [-0.3, -0.25) is 4.98 Å². The van der Waals surface area contributed by atoms with Crippen LogP contribution >= 0.6 is 0 Å². The molecule has 5 rings (SSSR count). The molecular weight excluding hydrogens is 340 g/mol. The zero-order valence-corrected chi connectivity index (χ0v) is 18.3. The number of nitrogens with zero attached hydrogens (tertiary/aromatic N) is 2. The maximum absolute atomic E-state index is 4.42. The summed E-state index contributed by atoms with van der Waals surface area (Å²) in [5.74, 6) is 3.69. The highest BCUT2D eigenvalue weighted by Crippen LogP contribution is 2.67. The molecule has 1 heterocycles. The summed E-state index contributed by atoms with van der Waals surface area (Å²) in [5, 5.41) is 0. The summed E-state index contributed by atoms with van der Waals surface area (Å²) < 4.78 is 0. The van der Waals surface area contributed by atoms with E-state index in [0.29, 0.717) is 10.8 Å². The lowest BCUT2D eigenvalue weighted by Gasteiger charge is -2.61. The highest BCUT2D eigenvalue weighted by molar-refractivity contribution is 5.72. The third-order valence-electron chi connectivity index (χ3n) is 9.92. The maximum atomic E-state index is 4.42. The lowest BCUT2D eigenvalue weighted by atomic mass is 9.44. The zero-order valence-electron chi connectivity index (χ0n) is 18.3. The maximum Gasteiger partial charge on any atom is 0.0343 e. The van der Waals surface area contributed by atoms with E-state index < -0.39 is 0 Å². The first-order chi connectivity index (χ1) is 13.4. The molecule has 4 aliphatic carbocycles. The van der Waals surface area contributed by atoms with Crippen LogP contribution < -0.4 is 0 Å². The molecule has 0 N–H and O–H groups in total. The van der Waals surface area contributed by atoms with Crippen molar-refractivity contribution in [1.82, 2.24) is 9.88 Å². The van der Waals surface area contributed by atoms with Crippen molar-refractivity contribution in [1.29, 1.82) is 0 Å². The van der Waals surface area contributed by atoms with Crippen LogP contribution in [-0.4, -0.2) is 30.0 Å². The van der Waals surface area contributed by atoms with Crippen LogP contribution in [0.5, 0.6) is 0 Å². The number of aromatic nitrogens is 1. The van der Waals surface area contributed by atoms with Crippen LogP contribution in [0.1, 0.15) is 70.8 Å². The number of pyridine rings is 1. The molecule has 2 nitrogen and oxygen atoms in total. The third kappa shape index (κ3) is 2.66. The van der Waals surface area contributed by atoms with Crippen LogP contribution in [0, 0.1) is 34.5 Å². The lowest BCUT2D eigenvalue weighted by molar-refractivity contribution is -0.106. The molecule has 0 saturated heterocycles. The van der Waals surface area contributed by atoms with E-state index in [1.165, 1.54) is 56.9 Å². The summed E-state index contributed by atoms with van der Waals surface area (Å²) in [7, 11) is 4.57. The van der Waals surface area contributed by atoms with Crippen molar-refractivity contribution in [3.05, 3.63) is 36.2 Å². The zero-order chi connectivity index (χ0) is 19.5. The van der Waals surface area contributed by atoms with Gasteiger partial charge in [0.2, 0.25) is 0 Å². The predicted octanol–water partition coefficient (Wildman–Crippen LogP) is 6.05. The van der Waals surface area contributed by atoms with Crippen molar-refractivity contribution >= 4 is 5.57 Å². The molecule has 3 saturated carbocycles. The lowest BCUT2D eigenvalue weighted by Crippen LogP contribution is -2.54. The monoisotopic (exact) mass is 378 g/mol. The van der Waals surface area contributed by atoms with Crippen molar-refractivity contribution in [2.45, 2.75) is 71.3 Å². The van der Waals surface area contributed by atoms with E-state index in [4.69, 9.17) is 0 Å². The molecule has 1 aromatic heterocycles. The van der Waals surface area contributed by atoms with Crippen LogP contribution in [-0.2, 0) is 0 Å². The molecule has 28 heavy (non-hydrogen) atoms. The van der Waals surface area contributed by atoms with E-state index in [1.807, 2.05) is 6.20 Å². The Morgan fingerprint density at radius 2 is 1.89 bits per heavy atom. The Bertz CT molecular complexity index is 753. The van der Waals surface area contributed by atoms with Crippen molar-refractivity contribution in [2.24, 2.45) is 34.5 Å². The molecule has 0 unspecified atom stereocenters. The van der Waals surface area contributed by atoms with Gasteiger partial charge < -0.3 is 4.90 Å². The molecule has 4 aliphatic rings. The molecule has 1 aromatic rings. The Hall–Kier alpha value is -1.15. The van der Waals surface area contributed by atoms with E-state index in [0.717, 1.165) is 29.7 Å². The van der Waals surface area contributed by atoms with Gasteiger partial charge in [0.25, 0.3) is 0 Å². The number of fused-ring (bicyclic) bond motifs is 5. The molecule has 2 heteroatoms. The van der Waals surface area contributed by atoms with Gasteiger partial charge in [-0.15, -0.1) is 0 Å². The molecule has 0 amide bonds. The summed E-state index contributed by atoms with van der Waals surface area (Å²) in [6, 6.07) is 5.20. The molecular formula is C26H38N2. The molecule has 7 atom stereocenters. The van der Waals surface area contributed by atoms with Gasteiger partial charge in [-0.05, 0) is 117 Å². The van der Waals surface area contributed by atoms with E-state index >= 15 is 0 Å². The van der Waals surface area contributed by atoms with E-state index in [2.05, 4.69) is 62.2 Å². The number of rotatable bonds is 2. The number of hydrogen-bond donors (Lipinski definition) is 0. The number of allylic oxidation sites excluding steroid dienone is 2. The molecule has 3 fully saturated rings. The van der Waals surface area contributed by atoms with E-state index in [-0.39, 0.29) is 0 Å². The van der Waals surface area contributed by atoms with Crippen LogP contribution in [0.3, 0.4) is 0 Å². The van der Waals surface area contributed by atoms with Crippen LogP contribution in [0.15, 0.2) is 30.6 Å². The van der Waals surface area contributed by atoms with Gasteiger partial charge >= 0.3 is 0 Å². The Balaban J connectivity index is 1.40. The minimum atomic E-state index is 0.369. The molecule has 152 valence electrons. The van der Waals surface area contributed by atoms with Gasteiger partial charge in [0, 0.05) is 18.4 Å². The SMILES string of the molecule is CN(C)[C@H]1CC[C@@]2(C)[C@@H](CC[C@@H]3[C@@H]2CC[C@]2(C)C(c4cccnc4)=CC[C@@H]32)C1. The first-order valence-electron chi connectivity index (χ1n) is 11.7. The molecule has 0 aromatic carbocycles. The highest BCUT2D eigenvalue weighted by Gasteiger charge is 2.58. The van der Waals surface area contributed by atoms with Gasteiger partial charge in [-0.25, -0.2) is 0 Å². The Kier molecular flexibility index (Phi) is 4.50. The van der Waals surface area contributed by atoms with Crippen LogP contribution in [0.4, 0.5) is 0 Å². The molecule has 0 radical (unpaired) electrons.